The van der Waals surface area contributed by atoms with E-state index in [1.54, 1.807) is 6.20 Å². The van der Waals surface area contributed by atoms with Crippen LogP contribution in [0.25, 0.3) is 0 Å². The highest BCUT2D eigenvalue weighted by Gasteiger charge is 2.17. The second-order valence-electron chi connectivity index (χ2n) is 4.87. The van der Waals surface area contributed by atoms with Crippen molar-refractivity contribution < 1.29 is 0 Å². The molecule has 2 aromatic rings. The zero-order valence-corrected chi connectivity index (χ0v) is 12.4. The Balaban J connectivity index is 2.31. The van der Waals surface area contributed by atoms with Gasteiger partial charge in [0.05, 0.1) is 6.54 Å². The molecule has 0 aliphatic carbocycles. The number of hydrogen-bond acceptors (Lipinski definition) is 4. The van der Waals surface area contributed by atoms with Gasteiger partial charge in [0.2, 0.25) is 0 Å². The standard InChI is InChI=1S/C13H18ClN5/c1-9(2)11-12(14)16-8-17-13(11)19(4)7-10-15-5-6-18(10)3/h5-6,8-9H,7H2,1-4H3. The molecule has 2 aromatic heterocycles. The van der Waals surface area contributed by atoms with Gasteiger partial charge in [-0.2, -0.15) is 0 Å². The van der Waals surface area contributed by atoms with Gasteiger partial charge < -0.3 is 9.47 Å². The first-order valence-corrected chi connectivity index (χ1v) is 6.56. The molecule has 5 nitrogen and oxygen atoms in total. The highest BCUT2D eigenvalue weighted by Crippen LogP contribution is 2.30. The number of aromatic nitrogens is 4. The number of rotatable bonds is 4. The predicted octanol–water partition coefficient (Wildman–Crippen LogP) is 2.62. The molecule has 0 amide bonds. The van der Waals surface area contributed by atoms with Crippen LogP contribution < -0.4 is 4.90 Å². The molecule has 0 aromatic carbocycles. The van der Waals surface area contributed by atoms with Gasteiger partial charge >= 0.3 is 0 Å². The number of anilines is 1. The fraction of sp³-hybridized carbons (Fsp3) is 0.462. The van der Waals surface area contributed by atoms with Crippen molar-refractivity contribution in [3.63, 3.8) is 0 Å². The van der Waals surface area contributed by atoms with Crippen molar-refractivity contribution in [1.82, 2.24) is 19.5 Å². The Morgan fingerprint density at radius 2 is 2.05 bits per heavy atom. The van der Waals surface area contributed by atoms with Gasteiger partial charge in [-0.3, -0.25) is 0 Å². The minimum atomic E-state index is 0.271. The number of halogens is 1. The second kappa shape index (κ2) is 5.57. The van der Waals surface area contributed by atoms with Crippen LogP contribution in [0.2, 0.25) is 5.15 Å². The van der Waals surface area contributed by atoms with Crippen LogP contribution in [0, 0.1) is 0 Å². The number of hydrogen-bond donors (Lipinski definition) is 0. The average Bonchev–Trinajstić information content (AvgIpc) is 2.74. The van der Waals surface area contributed by atoms with Gasteiger partial charge in [0.1, 0.15) is 23.1 Å². The van der Waals surface area contributed by atoms with Gasteiger partial charge in [0, 0.05) is 32.1 Å². The van der Waals surface area contributed by atoms with Crippen molar-refractivity contribution in [2.75, 3.05) is 11.9 Å². The molecule has 0 aliphatic heterocycles. The first-order chi connectivity index (χ1) is 9.00. The molecule has 102 valence electrons. The lowest BCUT2D eigenvalue weighted by atomic mass is 10.1. The minimum absolute atomic E-state index is 0.271. The lowest BCUT2D eigenvalue weighted by Gasteiger charge is -2.22. The van der Waals surface area contributed by atoms with Crippen LogP contribution in [0.4, 0.5) is 5.82 Å². The van der Waals surface area contributed by atoms with E-state index in [0.29, 0.717) is 11.7 Å². The van der Waals surface area contributed by atoms with Crippen LogP contribution in [0.3, 0.4) is 0 Å². The van der Waals surface area contributed by atoms with E-state index in [2.05, 4.69) is 28.8 Å². The molecule has 0 saturated carbocycles. The van der Waals surface area contributed by atoms with Gasteiger partial charge in [0.15, 0.2) is 0 Å². The summed E-state index contributed by atoms with van der Waals surface area (Å²) >= 11 is 6.18. The van der Waals surface area contributed by atoms with Crippen LogP contribution in [-0.2, 0) is 13.6 Å². The minimum Gasteiger partial charge on any atom is -0.352 e. The van der Waals surface area contributed by atoms with Crippen molar-refractivity contribution in [2.24, 2.45) is 7.05 Å². The summed E-state index contributed by atoms with van der Waals surface area (Å²) in [7, 11) is 3.96. The molecule has 0 unspecified atom stereocenters. The third-order valence-corrected chi connectivity index (χ3v) is 3.35. The molecule has 0 aliphatic rings. The summed E-state index contributed by atoms with van der Waals surface area (Å²) in [5.41, 5.74) is 0.973. The third kappa shape index (κ3) is 2.87. The van der Waals surface area contributed by atoms with E-state index < -0.39 is 0 Å². The normalized spacial score (nSPS) is 11.1. The van der Waals surface area contributed by atoms with Gasteiger partial charge in [-0.05, 0) is 5.92 Å². The summed E-state index contributed by atoms with van der Waals surface area (Å²) in [6, 6.07) is 0. The lowest BCUT2D eigenvalue weighted by molar-refractivity contribution is 0.741. The van der Waals surface area contributed by atoms with E-state index >= 15 is 0 Å². The van der Waals surface area contributed by atoms with E-state index in [-0.39, 0.29) is 5.92 Å². The summed E-state index contributed by atoms with van der Waals surface area (Å²) < 4.78 is 1.99. The molecule has 2 rings (SSSR count). The summed E-state index contributed by atoms with van der Waals surface area (Å²) in [5, 5.41) is 0.520. The molecule has 0 saturated heterocycles. The molecule has 0 spiro atoms. The van der Waals surface area contributed by atoms with E-state index in [0.717, 1.165) is 17.2 Å². The van der Waals surface area contributed by atoms with Crippen molar-refractivity contribution in [1.29, 1.82) is 0 Å². The molecule has 2 heterocycles. The first-order valence-electron chi connectivity index (χ1n) is 6.18. The summed E-state index contributed by atoms with van der Waals surface area (Å²) in [4.78, 5) is 14.8. The Morgan fingerprint density at radius 3 is 2.63 bits per heavy atom. The van der Waals surface area contributed by atoms with Crippen LogP contribution in [0.1, 0.15) is 31.2 Å². The molecular weight excluding hydrogens is 262 g/mol. The summed E-state index contributed by atoms with van der Waals surface area (Å²) in [6.07, 6.45) is 5.22. The maximum Gasteiger partial charge on any atom is 0.138 e. The molecule has 6 heteroatoms. The summed E-state index contributed by atoms with van der Waals surface area (Å²) in [5.74, 6) is 2.11. The number of imidazole rings is 1. The van der Waals surface area contributed by atoms with Crippen molar-refractivity contribution in [3.8, 4) is 0 Å². The van der Waals surface area contributed by atoms with E-state index in [4.69, 9.17) is 11.6 Å². The number of aryl methyl sites for hydroxylation is 1. The predicted molar refractivity (Wildman–Crippen MR) is 76.4 cm³/mol. The highest BCUT2D eigenvalue weighted by molar-refractivity contribution is 6.30. The van der Waals surface area contributed by atoms with Gasteiger partial charge in [-0.25, -0.2) is 15.0 Å². The van der Waals surface area contributed by atoms with Gasteiger partial charge in [-0.1, -0.05) is 25.4 Å². The maximum atomic E-state index is 6.18. The largest absolute Gasteiger partial charge is 0.352 e. The fourth-order valence-corrected chi connectivity index (χ4v) is 2.35. The van der Waals surface area contributed by atoms with Crippen molar-refractivity contribution in [2.45, 2.75) is 26.3 Å². The van der Waals surface area contributed by atoms with E-state index in [1.807, 2.05) is 29.8 Å². The van der Waals surface area contributed by atoms with Crippen molar-refractivity contribution in [3.05, 3.63) is 35.3 Å². The SMILES string of the molecule is CC(C)c1c(Cl)ncnc1N(C)Cc1nccn1C. The molecule has 0 N–H and O–H groups in total. The van der Waals surface area contributed by atoms with E-state index in [1.165, 1.54) is 6.33 Å². The molecule has 0 radical (unpaired) electrons. The van der Waals surface area contributed by atoms with Gasteiger partial charge in [-0.15, -0.1) is 0 Å². The van der Waals surface area contributed by atoms with Crippen LogP contribution >= 0.6 is 11.6 Å². The Hall–Kier alpha value is -1.62. The van der Waals surface area contributed by atoms with Crippen LogP contribution in [0.5, 0.6) is 0 Å². The molecule has 19 heavy (non-hydrogen) atoms. The number of nitrogens with zero attached hydrogens (tertiary/aromatic N) is 5. The monoisotopic (exact) mass is 279 g/mol. The quantitative estimate of drug-likeness (QED) is 0.807. The highest BCUT2D eigenvalue weighted by atomic mass is 35.5. The molecule has 0 fully saturated rings. The third-order valence-electron chi connectivity index (χ3n) is 3.05. The zero-order chi connectivity index (χ0) is 14.0. The Bertz CT molecular complexity index is 564. The second-order valence-corrected chi connectivity index (χ2v) is 5.22. The first kappa shape index (κ1) is 13.8. The topological polar surface area (TPSA) is 46.8 Å². The van der Waals surface area contributed by atoms with Crippen molar-refractivity contribution >= 4 is 17.4 Å². The Labute approximate surface area is 118 Å². The smallest absolute Gasteiger partial charge is 0.138 e. The van der Waals surface area contributed by atoms with Crippen LogP contribution in [-0.4, -0.2) is 26.6 Å². The van der Waals surface area contributed by atoms with Crippen LogP contribution in [0.15, 0.2) is 18.7 Å². The zero-order valence-electron chi connectivity index (χ0n) is 11.6. The summed E-state index contributed by atoms with van der Waals surface area (Å²) in [6.45, 7) is 4.85. The molecular formula is C13H18ClN5. The average molecular weight is 280 g/mol. The molecule has 0 atom stereocenters. The maximum absolute atomic E-state index is 6.18. The van der Waals surface area contributed by atoms with E-state index in [9.17, 15) is 0 Å². The fourth-order valence-electron chi connectivity index (χ4n) is 2.00. The molecule has 0 bridgehead atoms. The Kier molecular flexibility index (Phi) is 4.04. The van der Waals surface area contributed by atoms with Gasteiger partial charge in [0.25, 0.3) is 0 Å². The Morgan fingerprint density at radius 1 is 1.32 bits per heavy atom. The lowest BCUT2D eigenvalue weighted by Crippen LogP contribution is -2.22.